The van der Waals surface area contributed by atoms with Gasteiger partial charge in [0.1, 0.15) is 0 Å². The van der Waals surface area contributed by atoms with Crippen LogP contribution in [-0.2, 0) is 13.2 Å². The smallest absolute Gasteiger partial charge is 0.354 e. The van der Waals surface area contributed by atoms with Gasteiger partial charge in [-0.05, 0) is 69.9 Å². The summed E-state index contributed by atoms with van der Waals surface area (Å²) >= 11 is 0. The number of hydrogen-bond donors (Lipinski definition) is 3. The largest absolute Gasteiger partial charge is 0.416 e. The molecule has 0 fully saturated rings. The van der Waals surface area contributed by atoms with Crippen molar-refractivity contribution in [2.45, 2.75) is 19.5 Å². The molecule has 0 spiro atoms. The van der Waals surface area contributed by atoms with E-state index < -0.39 is 17.6 Å². The molecule has 0 unspecified atom stereocenters. The molecule has 200 valence electrons. The Morgan fingerprint density at radius 2 is 1.92 bits per heavy atom. The van der Waals surface area contributed by atoms with Gasteiger partial charge in [-0.3, -0.25) is 4.79 Å². The van der Waals surface area contributed by atoms with E-state index >= 15 is 0 Å². The summed E-state index contributed by atoms with van der Waals surface area (Å²) in [6.45, 7) is 3.56. The number of anilines is 4. The van der Waals surface area contributed by atoms with E-state index in [1.807, 2.05) is 21.0 Å². The monoisotopic (exact) mass is 526 g/mol. The molecule has 0 saturated heterocycles. The number of fused-ring (bicyclic) bond motifs is 1. The number of carbonyl (C=O) groups excluding carboxylic acids is 1. The zero-order valence-electron chi connectivity index (χ0n) is 21.5. The fourth-order valence-electron chi connectivity index (χ4n) is 3.81. The fourth-order valence-corrected chi connectivity index (χ4v) is 3.81. The maximum Gasteiger partial charge on any atom is 0.416 e. The van der Waals surface area contributed by atoms with E-state index in [0.717, 1.165) is 37.2 Å². The predicted octanol–water partition coefficient (Wildman–Crippen LogP) is 5.05. The van der Waals surface area contributed by atoms with Crippen LogP contribution in [0.1, 0.15) is 27.9 Å². The van der Waals surface area contributed by atoms with Crippen molar-refractivity contribution >= 4 is 40.1 Å². The molecular weight excluding hydrogens is 497 g/mol. The third kappa shape index (κ3) is 6.38. The molecule has 38 heavy (non-hydrogen) atoms. The van der Waals surface area contributed by atoms with E-state index in [9.17, 15) is 18.0 Å². The number of amides is 1. The third-order valence-corrected chi connectivity index (χ3v) is 5.85. The lowest BCUT2D eigenvalue weighted by Crippen LogP contribution is -2.17. The quantitative estimate of drug-likeness (QED) is 0.263. The van der Waals surface area contributed by atoms with Crippen LogP contribution in [0.3, 0.4) is 0 Å². The standard InChI is InChI=1S/C26H29F3N8O/c1-16-9-10-17(24(38)32-19-8-5-7-18(14-19)26(27,28)29)13-21(16)33-22-20-15-31-25(30-11-6-12-36(2)3)34-23(20)37(4)35-22/h5,7-10,13-15H,6,11-12H2,1-4H3,(H,32,38)(H,33,35)(H,30,31,34). The molecule has 2 aromatic heterocycles. The van der Waals surface area contributed by atoms with Gasteiger partial charge in [0.2, 0.25) is 5.95 Å². The number of nitrogens with one attached hydrogen (secondary N) is 3. The highest BCUT2D eigenvalue weighted by Gasteiger charge is 2.30. The lowest BCUT2D eigenvalue weighted by atomic mass is 10.1. The van der Waals surface area contributed by atoms with Crippen molar-refractivity contribution in [2.24, 2.45) is 7.05 Å². The van der Waals surface area contributed by atoms with Crippen molar-refractivity contribution in [2.75, 3.05) is 43.1 Å². The van der Waals surface area contributed by atoms with E-state index in [0.29, 0.717) is 28.5 Å². The summed E-state index contributed by atoms with van der Waals surface area (Å²) in [4.78, 5) is 23.9. The molecule has 0 bridgehead atoms. The van der Waals surface area contributed by atoms with Gasteiger partial charge >= 0.3 is 6.18 Å². The van der Waals surface area contributed by atoms with Gasteiger partial charge in [-0.2, -0.15) is 23.3 Å². The zero-order chi connectivity index (χ0) is 27.4. The van der Waals surface area contributed by atoms with Crippen LogP contribution in [0.25, 0.3) is 11.0 Å². The first-order valence-electron chi connectivity index (χ1n) is 12.0. The normalized spacial score (nSPS) is 11.7. The number of alkyl halides is 3. The molecule has 0 aliphatic carbocycles. The van der Waals surface area contributed by atoms with E-state index in [-0.39, 0.29) is 11.3 Å². The highest BCUT2D eigenvalue weighted by atomic mass is 19.4. The number of carbonyl (C=O) groups is 1. The summed E-state index contributed by atoms with van der Waals surface area (Å²) in [5.74, 6) is 0.488. The first-order chi connectivity index (χ1) is 18.0. The van der Waals surface area contributed by atoms with Crippen molar-refractivity contribution < 1.29 is 18.0 Å². The number of rotatable bonds is 9. The summed E-state index contributed by atoms with van der Waals surface area (Å²) in [6, 6.07) is 9.50. The van der Waals surface area contributed by atoms with Gasteiger partial charge in [0.25, 0.3) is 5.91 Å². The number of aromatic nitrogens is 4. The van der Waals surface area contributed by atoms with Crippen LogP contribution in [0.2, 0.25) is 0 Å². The molecule has 2 heterocycles. The van der Waals surface area contributed by atoms with E-state index in [1.54, 1.807) is 36.1 Å². The van der Waals surface area contributed by atoms with Crippen LogP contribution < -0.4 is 16.0 Å². The maximum atomic E-state index is 13.0. The lowest BCUT2D eigenvalue weighted by molar-refractivity contribution is -0.137. The fraction of sp³-hybridized carbons (Fsp3) is 0.308. The van der Waals surface area contributed by atoms with Gasteiger partial charge in [0, 0.05) is 36.7 Å². The van der Waals surface area contributed by atoms with Gasteiger partial charge in [-0.25, -0.2) is 9.67 Å². The zero-order valence-corrected chi connectivity index (χ0v) is 21.5. The van der Waals surface area contributed by atoms with Crippen LogP contribution >= 0.6 is 0 Å². The minimum Gasteiger partial charge on any atom is -0.354 e. The van der Waals surface area contributed by atoms with Crippen LogP contribution in [0, 0.1) is 6.92 Å². The van der Waals surface area contributed by atoms with Crippen molar-refractivity contribution in [3.63, 3.8) is 0 Å². The van der Waals surface area contributed by atoms with Crippen LogP contribution in [0.15, 0.2) is 48.7 Å². The second kappa shape index (κ2) is 11.1. The molecule has 1 amide bonds. The van der Waals surface area contributed by atoms with Gasteiger partial charge < -0.3 is 20.9 Å². The molecule has 0 atom stereocenters. The molecule has 0 radical (unpaired) electrons. The highest BCUT2D eigenvalue weighted by Crippen LogP contribution is 2.31. The molecule has 12 heteroatoms. The van der Waals surface area contributed by atoms with E-state index in [4.69, 9.17) is 0 Å². The van der Waals surface area contributed by atoms with Crippen LogP contribution in [-0.4, -0.2) is 57.7 Å². The van der Waals surface area contributed by atoms with Crippen molar-refractivity contribution in [3.05, 3.63) is 65.4 Å². The van der Waals surface area contributed by atoms with Crippen LogP contribution in [0.5, 0.6) is 0 Å². The van der Waals surface area contributed by atoms with Gasteiger partial charge in [0.15, 0.2) is 11.5 Å². The Bertz CT molecular complexity index is 1450. The summed E-state index contributed by atoms with van der Waals surface area (Å²) in [5.41, 5.74) is 1.59. The summed E-state index contributed by atoms with van der Waals surface area (Å²) < 4.78 is 40.7. The third-order valence-electron chi connectivity index (χ3n) is 5.85. The van der Waals surface area contributed by atoms with E-state index in [1.165, 1.54) is 12.1 Å². The Hall–Kier alpha value is -4.19. The molecule has 4 aromatic rings. The Kier molecular flexibility index (Phi) is 7.81. The summed E-state index contributed by atoms with van der Waals surface area (Å²) in [5, 5.41) is 14.2. The number of halogens is 3. The summed E-state index contributed by atoms with van der Waals surface area (Å²) in [7, 11) is 5.82. The number of nitrogens with zero attached hydrogens (tertiary/aromatic N) is 5. The van der Waals surface area contributed by atoms with Gasteiger partial charge in [-0.15, -0.1) is 0 Å². The first-order valence-corrected chi connectivity index (χ1v) is 12.0. The molecule has 0 aliphatic rings. The highest BCUT2D eigenvalue weighted by molar-refractivity contribution is 6.05. The molecular formula is C26H29F3N8O. The second-order valence-corrected chi connectivity index (χ2v) is 9.17. The van der Waals surface area contributed by atoms with E-state index in [2.05, 4.69) is 35.9 Å². The van der Waals surface area contributed by atoms with Crippen molar-refractivity contribution in [1.82, 2.24) is 24.6 Å². The Morgan fingerprint density at radius 1 is 1.13 bits per heavy atom. The molecule has 0 aliphatic heterocycles. The summed E-state index contributed by atoms with van der Waals surface area (Å²) in [6.07, 6.45) is -1.87. The molecule has 9 nitrogen and oxygen atoms in total. The van der Waals surface area contributed by atoms with Crippen LogP contribution in [0.4, 0.5) is 36.3 Å². The topological polar surface area (TPSA) is 100 Å². The average Bonchev–Trinajstić information content (AvgIpc) is 3.17. The van der Waals surface area contributed by atoms with Gasteiger partial charge in [0.05, 0.1) is 10.9 Å². The molecule has 4 rings (SSSR count). The van der Waals surface area contributed by atoms with Gasteiger partial charge in [-0.1, -0.05) is 12.1 Å². The molecule has 0 saturated carbocycles. The number of aryl methyl sites for hydroxylation is 2. The van der Waals surface area contributed by atoms with Crippen molar-refractivity contribution in [1.29, 1.82) is 0 Å². The molecule has 3 N–H and O–H groups in total. The first kappa shape index (κ1) is 26.9. The predicted molar refractivity (Wildman–Crippen MR) is 142 cm³/mol. The number of hydrogen-bond acceptors (Lipinski definition) is 7. The van der Waals surface area contributed by atoms with Crippen molar-refractivity contribution in [3.8, 4) is 0 Å². The minimum absolute atomic E-state index is 0.0545. The Balaban J connectivity index is 1.51. The number of benzene rings is 2. The maximum absolute atomic E-state index is 13.0. The lowest BCUT2D eigenvalue weighted by Gasteiger charge is -2.12. The molecule has 2 aromatic carbocycles. The second-order valence-electron chi connectivity index (χ2n) is 9.17. The Labute approximate surface area is 218 Å². The average molecular weight is 527 g/mol. The minimum atomic E-state index is -4.50. The Morgan fingerprint density at radius 3 is 2.66 bits per heavy atom. The SMILES string of the molecule is Cc1ccc(C(=O)Nc2cccc(C(F)(F)F)c2)cc1Nc1nn(C)c2nc(NCCCN(C)C)ncc12.